The monoisotopic (exact) mass is 336 g/mol. The number of hydrogen-bond acceptors (Lipinski definition) is 3. The summed E-state index contributed by atoms with van der Waals surface area (Å²) in [7, 11) is 0. The maximum atomic E-state index is 13.2. The number of carbonyl (C=O) groups is 1. The number of carbonyl (C=O) groups excluding carboxylic acids is 1. The first-order valence-electron chi connectivity index (χ1n) is 8.69. The second kappa shape index (κ2) is 7.94. The van der Waals surface area contributed by atoms with E-state index in [1.54, 1.807) is 12.1 Å². The Balaban J connectivity index is 1.64. The smallest absolute Gasteiger partial charge is 0.315 e. The molecule has 2 saturated heterocycles. The van der Waals surface area contributed by atoms with Crippen molar-refractivity contribution in [2.75, 3.05) is 13.2 Å². The van der Waals surface area contributed by atoms with Crippen LogP contribution in [0.3, 0.4) is 0 Å². The predicted molar refractivity (Wildman–Crippen MR) is 88.2 cm³/mol. The van der Waals surface area contributed by atoms with Gasteiger partial charge in [-0.05, 0) is 50.3 Å². The van der Waals surface area contributed by atoms with Crippen LogP contribution in [0.1, 0.15) is 44.2 Å². The standard InChI is InChI=1S/C18H25FN2O3/c1-12(15-4-2-10-23-15)20-18(22)21-17(16-5-3-11-24-16)13-6-8-14(19)9-7-13/h6-9,12,15-17H,2-5,10-11H2,1H3,(H2,20,21,22)/t12-,15+,16+,17+/m0/s1. The molecule has 2 amide bonds. The zero-order chi connectivity index (χ0) is 16.9. The Morgan fingerprint density at radius 1 is 1.08 bits per heavy atom. The summed E-state index contributed by atoms with van der Waals surface area (Å²) in [4.78, 5) is 12.4. The van der Waals surface area contributed by atoms with E-state index < -0.39 is 0 Å². The van der Waals surface area contributed by atoms with Crippen molar-refractivity contribution in [1.29, 1.82) is 0 Å². The van der Waals surface area contributed by atoms with Crippen LogP contribution in [0.15, 0.2) is 24.3 Å². The van der Waals surface area contributed by atoms with E-state index in [1.165, 1.54) is 12.1 Å². The first-order chi connectivity index (χ1) is 11.6. The van der Waals surface area contributed by atoms with Crippen molar-refractivity contribution in [2.45, 2.75) is 56.9 Å². The highest BCUT2D eigenvalue weighted by molar-refractivity contribution is 5.75. The lowest BCUT2D eigenvalue weighted by molar-refractivity contribution is 0.0758. The first-order valence-corrected chi connectivity index (χ1v) is 8.69. The van der Waals surface area contributed by atoms with Crippen LogP contribution < -0.4 is 10.6 Å². The van der Waals surface area contributed by atoms with Crippen molar-refractivity contribution in [2.24, 2.45) is 0 Å². The van der Waals surface area contributed by atoms with Crippen LogP contribution in [0.2, 0.25) is 0 Å². The number of hydrogen-bond donors (Lipinski definition) is 2. The molecule has 0 unspecified atom stereocenters. The van der Waals surface area contributed by atoms with E-state index in [-0.39, 0.29) is 36.1 Å². The molecule has 4 atom stereocenters. The van der Waals surface area contributed by atoms with Crippen LogP contribution in [0, 0.1) is 5.82 Å². The molecule has 0 radical (unpaired) electrons. The van der Waals surface area contributed by atoms with E-state index in [9.17, 15) is 9.18 Å². The van der Waals surface area contributed by atoms with Crippen molar-refractivity contribution < 1.29 is 18.7 Å². The molecule has 0 aromatic heterocycles. The average Bonchev–Trinajstić information content (AvgIpc) is 3.27. The van der Waals surface area contributed by atoms with Gasteiger partial charge in [0, 0.05) is 13.2 Å². The van der Waals surface area contributed by atoms with Crippen LogP contribution in [-0.4, -0.2) is 37.5 Å². The second-order valence-corrected chi connectivity index (χ2v) is 6.54. The topological polar surface area (TPSA) is 59.6 Å². The molecule has 132 valence electrons. The van der Waals surface area contributed by atoms with E-state index in [0.29, 0.717) is 6.61 Å². The Bertz CT molecular complexity index is 540. The molecular weight excluding hydrogens is 311 g/mol. The van der Waals surface area contributed by atoms with Gasteiger partial charge in [-0.15, -0.1) is 0 Å². The zero-order valence-electron chi connectivity index (χ0n) is 14.0. The fraction of sp³-hybridized carbons (Fsp3) is 0.611. The highest BCUT2D eigenvalue weighted by atomic mass is 19.1. The summed E-state index contributed by atoms with van der Waals surface area (Å²) in [5.74, 6) is -0.290. The Hall–Kier alpha value is -1.66. The Morgan fingerprint density at radius 2 is 1.71 bits per heavy atom. The van der Waals surface area contributed by atoms with Crippen molar-refractivity contribution in [3.63, 3.8) is 0 Å². The summed E-state index contributed by atoms with van der Waals surface area (Å²) in [5, 5.41) is 5.95. The third kappa shape index (κ3) is 4.24. The van der Waals surface area contributed by atoms with Crippen LogP contribution in [0.5, 0.6) is 0 Å². The van der Waals surface area contributed by atoms with Gasteiger partial charge in [-0.2, -0.15) is 0 Å². The first kappa shape index (κ1) is 17.2. The van der Waals surface area contributed by atoms with Gasteiger partial charge >= 0.3 is 6.03 Å². The maximum absolute atomic E-state index is 13.2. The Labute approximate surface area is 141 Å². The molecule has 0 aliphatic carbocycles. The van der Waals surface area contributed by atoms with Crippen LogP contribution in [0.25, 0.3) is 0 Å². The number of rotatable bonds is 5. The molecular formula is C18H25FN2O3. The quantitative estimate of drug-likeness (QED) is 0.869. The maximum Gasteiger partial charge on any atom is 0.315 e. The molecule has 1 aromatic carbocycles. The van der Waals surface area contributed by atoms with Crippen LogP contribution in [0.4, 0.5) is 9.18 Å². The SMILES string of the molecule is C[C@H](NC(=O)N[C@H](c1ccc(F)cc1)[C@H]1CCCO1)[C@H]1CCCO1. The van der Waals surface area contributed by atoms with E-state index in [0.717, 1.165) is 37.9 Å². The van der Waals surface area contributed by atoms with Crippen molar-refractivity contribution in [1.82, 2.24) is 10.6 Å². The van der Waals surface area contributed by atoms with Gasteiger partial charge in [0.2, 0.25) is 0 Å². The molecule has 2 aliphatic heterocycles. The number of nitrogens with one attached hydrogen (secondary N) is 2. The number of ether oxygens (including phenoxy) is 2. The highest BCUT2D eigenvalue weighted by Gasteiger charge is 2.30. The molecule has 24 heavy (non-hydrogen) atoms. The minimum atomic E-state index is -0.290. The minimum Gasteiger partial charge on any atom is -0.376 e. The van der Waals surface area contributed by atoms with E-state index >= 15 is 0 Å². The molecule has 2 fully saturated rings. The highest BCUT2D eigenvalue weighted by Crippen LogP contribution is 2.27. The summed E-state index contributed by atoms with van der Waals surface area (Å²) in [6.07, 6.45) is 3.84. The average molecular weight is 336 g/mol. The molecule has 0 bridgehead atoms. The number of amides is 2. The molecule has 5 nitrogen and oxygen atoms in total. The third-order valence-corrected chi connectivity index (χ3v) is 4.73. The molecule has 2 heterocycles. The Morgan fingerprint density at radius 3 is 2.29 bits per heavy atom. The van der Waals surface area contributed by atoms with Gasteiger partial charge in [0.1, 0.15) is 5.82 Å². The lowest BCUT2D eigenvalue weighted by Gasteiger charge is -2.27. The van der Waals surface area contributed by atoms with E-state index in [2.05, 4.69) is 10.6 Å². The summed E-state index contributed by atoms with van der Waals surface area (Å²) in [6.45, 7) is 3.40. The van der Waals surface area contributed by atoms with Gasteiger partial charge < -0.3 is 20.1 Å². The normalized spacial score (nSPS) is 26.1. The molecule has 3 rings (SSSR count). The van der Waals surface area contributed by atoms with Crippen molar-refractivity contribution in [3.8, 4) is 0 Å². The summed E-state index contributed by atoms with van der Waals surface area (Å²) >= 11 is 0. The van der Waals surface area contributed by atoms with E-state index in [1.807, 2.05) is 6.92 Å². The molecule has 2 N–H and O–H groups in total. The number of benzene rings is 1. The summed E-state index contributed by atoms with van der Waals surface area (Å²) in [5.41, 5.74) is 0.850. The fourth-order valence-electron chi connectivity index (χ4n) is 3.41. The van der Waals surface area contributed by atoms with Gasteiger partial charge in [0.25, 0.3) is 0 Å². The number of halogens is 1. The van der Waals surface area contributed by atoms with Gasteiger partial charge in [0.05, 0.1) is 24.3 Å². The Kier molecular flexibility index (Phi) is 5.68. The molecule has 0 spiro atoms. The van der Waals surface area contributed by atoms with Crippen molar-refractivity contribution >= 4 is 6.03 Å². The lowest BCUT2D eigenvalue weighted by atomic mass is 9.99. The summed E-state index contributed by atoms with van der Waals surface area (Å²) in [6, 6.07) is 5.63. The van der Waals surface area contributed by atoms with E-state index in [4.69, 9.17) is 9.47 Å². The van der Waals surface area contributed by atoms with Gasteiger partial charge in [0.15, 0.2) is 0 Å². The molecule has 2 aliphatic rings. The zero-order valence-corrected chi connectivity index (χ0v) is 14.0. The second-order valence-electron chi connectivity index (χ2n) is 6.54. The van der Waals surface area contributed by atoms with Crippen LogP contribution >= 0.6 is 0 Å². The third-order valence-electron chi connectivity index (χ3n) is 4.73. The van der Waals surface area contributed by atoms with Crippen LogP contribution in [-0.2, 0) is 9.47 Å². The van der Waals surface area contributed by atoms with Gasteiger partial charge in [-0.3, -0.25) is 0 Å². The number of urea groups is 1. The predicted octanol–water partition coefficient (Wildman–Crippen LogP) is 2.91. The fourth-order valence-corrected chi connectivity index (χ4v) is 3.41. The molecule has 0 saturated carbocycles. The molecule has 1 aromatic rings. The largest absolute Gasteiger partial charge is 0.376 e. The minimum absolute atomic E-state index is 0.0501. The van der Waals surface area contributed by atoms with Gasteiger partial charge in [-0.1, -0.05) is 12.1 Å². The lowest BCUT2D eigenvalue weighted by Crippen LogP contribution is -2.48. The van der Waals surface area contributed by atoms with Gasteiger partial charge in [-0.25, -0.2) is 9.18 Å². The van der Waals surface area contributed by atoms with Crippen molar-refractivity contribution in [3.05, 3.63) is 35.6 Å². The molecule has 6 heteroatoms. The summed E-state index contributed by atoms with van der Waals surface area (Å²) < 4.78 is 24.5.